The number of carbonyl (C=O) groups excluding carboxylic acids is 8. The third-order valence-electron chi connectivity index (χ3n) is 15.3. The molecule has 0 atom stereocenters. The van der Waals surface area contributed by atoms with Crippen LogP contribution in [0.2, 0.25) is 0 Å². The number of rotatable bonds is 2. The van der Waals surface area contributed by atoms with E-state index in [4.69, 9.17) is 8.75 Å². The molecule has 5 heterocycles. The number of aromatic nitrogens is 2. The van der Waals surface area contributed by atoms with E-state index in [2.05, 4.69) is 33.4 Å². The molecule has 4 aliphatic rings. The molecule has 0 unspecified atom stereocenters. The first-order valence-electron chi connectivity index (χ1n) is 22.5. The van der Waals surface area contributed by atoms with Crippen molar-refractivity contribution in [2.45, 2.75) is 0 Å². The highest BCUT2D eigenvalue weighted by molar-refractivity contribution is 7.00. The van der Waals surface area contributed by atoms with Crippen molar-refractivity contribution < 1.29 is 38.4 Å². The van der Waals surface area contributed by atoms with Crippen molar-refractivity contribution in [2.75, 3.05) is 0 Å². The van der Waals surface area contributed by atoms with Crippen molar-refractivity contribution in [3.63, 3.8) is 0 Å². The van der Waals surface area contributed by atoms with Gasteiger partial charge in [-0.2, -0.15) is 19.3 Å². The van der Waals surface area contributed by atoms with Gasteiger partial charge in [0, 0.05) is 98.7 Å². The van der Waals surface area contributed by atoms with Crippen LogP contribution in [0.25, 0.3) is 119 Å². The summed E-state index contributed by atoms with van der Waals surface area (Å²) in [4.78, 5) is 109. The molecule has 0 spiro atoms. The molecule has 8 amide bonds. The number of nitriles is 2. The monoisotopic (exact) mass is 962 g/mol. The lowest BCUT2D eigenvalue weighted by molar-refractivity contribution is 0.0828. The van der Waals surface area contributed by atoms with E-state index in [1.54, 1.807) is 72.8 Å². The van der Waals surface area contributed by atoms with Crippen LogP contribution < -0.4 is 21.3 Å². The van der Waals surface area contributed by atoms with Crippen molar-refractivity contribution in [3.8, 4) is 34.4 Å². The van der Waals surface area contributed by atoms with Crippen LogP contribution in [-0.2, 0) is 0 Å². The Bertz CT molecular complexity index is 4760. The SMILES string of the molecule is N#Cc1cc2c3c(cc(-c4ccc(-c5cc6c7c(cc(C#N)c8c9ccc%10c%11c(ccc(c5c78)c%119)C(=O)NC%10=O)C(=O)NC6=O)c5nsnc45)c4c5ccc6c7c(ccc(c1c34)c75)C(=O)NC6=O)C(=O)NC2=O. The Hall–Kier alpha value is -10.6. The molecular weight excluding hydrogens is 945 g/mol. The lowest BCUT2D eigenvalue weighted by Crippen LogP contribution is -2.35. The number of hydrogen-bond acceptors (Lipinski definition) is 13. The smallest absolute Gasteiger partial charge is 0.258 e. The fraction of sp³-hybridized carbons (Fsp3) is 0. The zero-order chi connectivity index (χ0) is 49.4. The number of imide groups is 4. The predicted molar refractivity (Wildman–Crippen MR) is 267 cm³/mol. The molecule has 16 nitrogen and oxygen atoms in total. The summed E-state index contributed by atoms with van der Waals surface area (Å²) < 4.78 is 9.74. The van der Waals surface area contributed by atoms with Crippen LogP contribution in [0.1, 0.15) is 94.0 Å². The number of nitrogens with one attached hydrogen (secondary N) is 4. The van der Waals surface area contributed by atoms with E-state index in [0.29, 0.717) is 119 Å². The maximum absolute atomic E-state index is 14.1. The Morgan fingerprint density at radius 2 is 0.589 bits per heavy atom. The molecule has 11 aromatic carbocycles. The maximum Gasteiger partial charge on any atom is 0.258 e. The van der Waals surface area contributed by atoms with Gasteiger partial charge in [0.1, 0.15) is 11.0 Å². The summed E-state index contributed by atoms with van der Waals surface area (Å²) in [5.74, 6) is -5.07. The molecule has 12 aromatic rings. The van der Waals surface area contributed by atoms with Crippen molar-refractivity contribution in [2.24, 2.45) is 0 Å². The number of amides is 8. The highest BCUT2D eigenvalue weighted by atomic mass is 32.1. The van der Waals surface area contributed by atoms with Crippen molar-refractivity contribution in [3.05, 3.63) is 141 Å². The Balaban J connectivity index is 1.08. The lowest BCUT2D eigenvalue weighted by Gasteiger charge is -2.26. The van der Waals surface area contributed by atoms with Gasteiger partial charge in [0.2, 0.25) is 0 Å². The Labute approximate surface area is 408 Å². The van der Waals surface area contributed by atoms with Crippen LogP contribution in [0.15, 0.2) is 84.9 Å². The highest BCUT2D eigenvalue weighted by Crippen LogP contribution is 2.53. The largest absolute Gasteiger partial charge is 0.288 e. The van der Waals surface area contributed by atoms with Gasteiger partial charge in [-0.1, -0.05) is 36.4 Å². The van der Waals surface area contributed by atoms with E-state index in [0.717, 1.165) is 11.7 Å². The number of benzene rings is 11. The molecule has 16 rings (SSSR count). The lowest BCUT2D eigenvalue weighted by atomic mass is 9.78. The first kappa shape index (κ1) is 39.3. The molecule has 1 aromatic heterocycles. The minimum Gasteiger partial charge on any atom is -0.288 e. The van der Waals surface area contributed by atoms with Crippen molar-refractivity contribution in [1.29, 1.82) is 10.5 Å². The number of hydrogen-bond donors (Lipinski definition) is 4. The molecule has 0 bridgehead atoms. The summed E-state index contributed by atoms with van der Waals surface area (Å²) in [5, 5.41) is 38.7. The first-order chi connectivity index (χ1) is 35.4. The molecule has 4 aliphatic heterocycles. The van der Waals surface area contributed by atoms with Crippen molar-refractivity contribution >= 4 is 156 Å². The van der Waals surface area contributed by atoms with Crippen LogP contribution in [-0.4, -0.2) is 56.0 Å². The van der Waals surface area contributed by atoms with Crippen molar-refractivity contribution in [1.82, 2.24) is 30.0 Å². The molecule has 4 N–H and O–H groups in total. The van der Waals surface area contributed by atoms with E-state index in [9.17, 15) is 48.9 Å². The Morgan fingerprint density at radius 1 is 0.301 bits per heavy atom. The maximum atomic E-state index is 14.1. The van der Waals surface area contributed by atoms with E-state index in [-0.39, 0.29) is 55.6 Å². The molecule has 17 heteroatoms. The topological polar surface area (TPSA) is 258 Å². The normalized spacial score (nSPS) is 14.9. The van der Waals surface area contributed by atoms with E-state index in [1.165, 1.54) is 12.1 Å². The van der Waals surface area contributed by atoms with Gasteiger partial charge in [0.25, 0.3) is 47.3 Å². The van der Waals surface area contributed by atoms with Crippen LogP contribution >= 0.6 is 11.7 Å². The number of carbonyl (C=O) groups is 8. The van der Waals surface area contributed by atoms with Gasteiger partial charge in [0.05, 0.1) is 35.0 Å². The Kier molecular flexibility index (Phi) is 6.87. The zero-order valence-corrected chi connectivity index (χ0v) is 37.4. The van der Waals surface area contributed by atoms with Gasteiger partial charge in [-0.25, -0.2) is 0 Å². The molecule has 73 heavy (non-hydrogen) atoms. The number of nitrogens with zero attached hydrogens (tertiary/aromatic N) is 4. The quantitative estimate of drug-likeness (QED) is 0.0723. The van der Waals surface area contributed by atoms with Gasteiger partial charge in [-0.15, -0.1) is 0 Å². The molecule has 0 saturated heterocycles. The average Bonchev–Trinajstić information content (AvgIpc) is 3.89. The van der Waals surface area contributed by atoms with Gasteiger partial charge in [-0.05, 0) is 103 Å². The second-order valence-electron chi connectivity index (χ2n) is 18.5. The number of fused-ring (bicyclic) bond motifs is 5. The second-order valence-corrected chi connectivity index (χ2v) is 19.0. The molecule has 336 valence electrons. The first-order valence-corrected chi connectivity index (χ1v) is 23.2. The van der Waals surface area contributed by atoms with Gasteiger partial charge < -0.3 is 0 Å². The third-order valence-corrected chi connectivity index (χ3v) is 15.8. The summed E-state index contributed by atoms with van der Waals surface area (Å²) in [7, 11) is 0. The summed E-state index contributed by atoms with van der Waals surface area (Å²) in [6.45, 7) is 0. The summed E-state index contributed by atoms with van der Waals surface area (Å²) in [6, 6.07) is 27.7. The van der Waals surface area contributed by atoms with Crippen LogP contribution in [0.4, 0.5) is 0 Å². The van der Waals surface area contributed by atoms with Gasteiger partial charge in [0.15, 0.2) is 0 Å². The summed E-state index contributed by atoms with van der Waals surface area (Å²) in [6.07, 6.45) is 0. The van der Waals surface area contributed by atoms with E-state index >= 15 is 0 Å². The molecule has 0 saturated carbocycles. The summed E-state index contributed by atoms with van der Waals surface area (Å²) in [5.41, 5.74) is 4.33. The summed E-state index contributed by atoms with van der Waals surface area (Å²) >= 11 is 0.898. The standard InChI is InChI=1S/C56H18N8O8S/c57-15-17-11-31-43-33(55(71)61-53(31)69)13-29(39-23-5-9-27-41-25(49(65)59-51(27)67)7-3-21(37(23)41)35(17)45(39)43)19-1-2-20(48-47(19)63-73-64-48)30-14-34-44-32(54(70)62-56(34)72)12-18(16-58)36-22-4-8-26-42-28(52(68)60-50(26)66)10-6-24(38(22)42)40(30)46(36)44/h1-14H,(H,59,65,67)(H,60,66,68)(H,61,69,71)(H,62,70,72). The minimum absolute atomic E-state index is 0.117. The van der Waals surface area contributed by atoms with E-state index < -0.39 is 47.3 Å². The second kappa shape index (κ2) is 12.8. The fourth-order valence-corrected chi connectivity index (χ4v) is 13.1. The van der Waals surface area contributed by atoms with Crippen LogP contribution in [0.5, 0.6) is 0 Å². The van der Waals surface area contributed by atoms with E-state index in [1.807, 2.05) is 0 Å². The Morgan fingerprint density at radius 3 is 0.932 bits per heavy atom. The molecule has 0 radical (unpaired) electrons. The average molecular weight is 963 g/mol. The fourth-order valence-electron chi connectivity index (χ4n) is 12.5. The van der Waals surface area contributed by atoms with Gasteiger partial charge >= 0.3 is 0 Å². The van der Waals surface area contributed by atoms with Crippen LogP contribution in [0, 0.1) is 22.7 Å². The highest BCUT2D eigenvalue weighted by Gasteiger charge is 2.37. The molecule has 0 fully saturated rings. The van der Waals surface area contributed by atoms with Gasteiger partial charge in [-0.3, -0.25) is 59.6 Å². The third kappa shape index (κ3) is 4.46. The van der Waals surface area contributed by atoms with Crippen LogP contribution in [0.3, 0.4) is 0 Å². The minimum atomic E-state index is -0.681. The molecular formula is C56H18N8O8S. The zero-order valence-electron chi connectivity index (χ0n) is 36.5. The predicted octanol–water partition coefficient (Wildman–Crippen LogP) is 8.40. The molecule has 0 aliphatic carbocycles.